The molecule has 3 heteroatoms. The zero-order valence-electron chi connectivity index (χ0n) is 9.75. The van der Waals surface area contributed by atoms with Gasteiger partial charge in [0.2, 0.25) is 0 Å². The minimum Gasteiger partial charge on any atom is -0.358 e. The fraction of sp³-hybridized carbons (Fsp3) is 0.500. The number of hydrogen-bond donors (Lipinski definition) is 2. The summed E-state index contributed by atoms with van der Waals surface area (Å²) in [5.74, 6) is 0. The lowest BCUT2D eigenvalue weighted by molar-refractivity contribution is 0.501. The van der Waals surface area contributed by atoms with E-state index in [9.17, 15) is 0 Å². The van der Waals surface area contributed by atoms with Crippen molar-refractivity contribution in [3.63, 3.8) is 0 Å². The Balaban J connectivity index is 2.92. The van der Waals surface area contributed by atoms with Crippen molar-refractivity contribution in [1.82, 2.24) is 5.23 Å². The smallest absolute Gasteiger partial charge is 0.178 e. The van der Waals surface area contributed by atoms with Crippen LogP contribution in [-0.2, 0) is 12.0 Å². The van der Waals surface area contributed by atoms with E-state index in [2.05, 4.69) is 37.3 Å². The van der Waals surface area contributed by atoms with Crippen molar-refractivity contribution in [3.8, 4) is 0 Å². The molecule has 0 amide bonds. The number of nitrogens with one attached hydrogen (secondary N) is 1. The first-order valence-electron chi connectivity index (χ1n) is 5.28. The second-order valence-electron chi connectivity index (χ2n) is 4.65. The molecule has 0 bridgehead atoms. The summed E-state index contributed by atoms with van der Waals surface area (Å²) in [6.07, 6.45) is 0.897. The normalized spacial score (nSPS) is 13.9. The average Bonchev–Trinajstić information content (AvgIpc) is 2.17. The summed E-state index contributed by atoms with van der Waals surface area (Å²) < 4.78 is 0. The van der Waals surface area contributed by atoms with E-state index in [0.717, 1.165) is 6.42 Å². The minimum absolute atomic E-state index is 0.189. The number of hydrogen-bond acceptors (Lipinski definition) is 2. The fourth-order valence-corrected chi connectivity index (χ4v) is 1.54. The molecular weight excluding hydrogens is 183 g/mol. The summed E-state index contributed by atoms with van der Waals surface area (Å²) in [5.41, 5.74) is 8.01. The van der Waals surface area contributed by atoms with Gasteiger partial charge < -0.3 is 11.0 Å². The predicted octanol–water partition coefficient (Wildman–Crippen LogP) is 1.48. The molecule has 0 aliphatic heterocycles. The molecule has 2 radical (unpaired) electrons. The van der Waals surface area contributed by atoms with Crippen molar-refractivity contribution in [3.05, 3.63) is 35.4 Å². The van der Waals surface area contributed by atoms with E-state index < -0.39 is 0 Å². The van der Waals surface area contributed by atoms with Crippen LogP contribution >= 0.6 is 0 Å². The number of rotatable bonds is 4. The summed E-state index contributed by atoms with van der Waals surface area (Å²) in [4.78, 5) is 0. The minimum atomic E-state index is -0.201. The topological polar surface area (TPSA) is 38.0 Å². The van der Waals surface area contributed by atoms with E-state index in [-0.39, 0.29) is 11.6 Å². The Hall–Kier alpha value is -0.795. The van der Waals surface area contributed by atoms with Gasteiger partial charge in [-0.05, 0) is 38.3 Å². The third kappa shape index (κ3) is 3.36. The second kappa shape index (κ2) is 4.82. The van der Waals surface area contributed by atoms with Crippen LogP contribution in [-0.4, -0.2) is 14.0 Å². The zero-order chi connectivity index (χ0) is 11.5. The third-order valence-corrected chi connectivity index (χ3v) is 2.57. The predicted molar refractivity (Wildman–Crippen MR) is 65.7 cm³/mol. The Kier molecular flexibility index (Phi) is 3.94. The Bertz CT molecular complexity index is 321. The quantitative estimate of drug-likeness (QED) is 0.726. The van der Waals surface area contributed by atoms with Crippen LogP contribution in [0.3, 0.4) is 0 Å². The Morgan fingerprint density at radius 3 is 2.67 bits per heavy atom. The summed E-state index contributed by atoms with van der Waals surface area (Å²) in [6.45, 7) is 6.12. The first-order valence-corrected chi connectivity index (χ1v) is 5.28. The van der Waals surface area contributed by atoms with Crippen LogP contribution in [0.15, 0.2) is 24.3 Å². The molecule has 0 heterocycles. The molecule has 2 nitrogen and oxygen atoms in total. The largest absolute Gasteiger partial charge is 0.358 e. The molecule has 1 aromatic carbocycles. The highest BCUT2D eigenvalue weighted by atomic mass is 14.8. The van der Waals surface area contributed by atoms with E-state index in [1.54, 1.807) is 0 Å². The Labute approximate surface area is 93.7 Å². The standard InChI is InChI=1S/C12H19BN2/c1-9(14)7-10-5-4-6-11(8-10)12(2,3)15-13/h4-6,8-9,15H,7,14H2,1-3H3. The van der Waals surface area contributed by atoms with Gasteiger partial charge in [0.05, 0.1) is 0 Å². The maximum Gasteiger partial charge on any atom is 0.178 e. The van der Waals surface area contributed by atoms with Gasteiger partial charge in [-0.3, -0.25) is 0 Å². The average molecular weight is 202 g/mol. The monoisotopic (exact) mass is 202 g/mol. The first-order chi connectivity index (χ1) is 6.95. The van der Waals surface area contributed by atoms with Crippen LogP contribution in [0.25, 0.3) is 0 Å². The molecule has 1 rings (SSSR count). The lowest BCUT2D eigenvalue weighted by Crippen LogP contribution is -2.34. The first kappa shape index (κ1) is 12.3. The summed E-state index contributed by atoms with van der Waals surface area (Å²) in [7, 11) is 5.51. The molecule has 1 unspecified atom stereocenters. The zero-order valence-corrected chi connectivity index (χ0v) is 9.75. The van der Waals surface area contributed by atoms with Crippen molar-refractivity contribution in [2.45, 2.75) is 38.8 Å². The van der Waals surface area contributed by atoms with Crippen LogP contribution in [0.4, 0.5) is 0 Å². The van der Waals surface area contributed by atoms with Gasteiger partial charge in [-0.25, -0.2) is 0 Å². The summed E-state index contributed by atoms with van der Waals surface area (Å²) >= 11 is 0. The maximum absolute atomic E-state index is 5.78. The summed E-state index contributed by atoms with van der Waals surface area (Å²) in [5, 5.41) is 2.81. The lowest BCUT2D eigenvalue weighted by atomic mass is 9.90. The van der Waals surface area contributed by atoms with E-state index in [1.807, 2.05) is 13.0 Å². The van der Waals surface area contributed by atoms with Crippen LogP contribution in [0.5, 0.6) is 0 Å². The second-order valence-corrected chi connectivity index (χ2v) is 4.65. The van der Waals surface area contributed by atoms with Crippen LogP contribution in [0.1, 0.15) is 31.9 Å². The van der Waals surface area contributed by atoms with Crippen molar-refractivity contribution in [2.75, 3.05) is 0 Å². The van der Waals surface area contributed by atoms with Gasteiger partial charge in [0.1, 0.15) is 0 Å². The number of nitrogens with two attached hydrogens (primary N) is 1. The maximum atomic E-state index is 5.78. The van der Waals surface area contributed by atoms with Crippen molar-refractivity contribution < 1.29 is 0 Å². The molecule has 0 saturated carbocycles. The van der Waals surface area contributed by atoms with Gasteiger partial charge in [0.15, 0.2) is 7.98 Å². The van der Waals surface area contributed by atoms with Gasteiger partial charge in [-0.1, -0.05) is 24.3 Å². The van der Waals surface area contributed by atoms with Crippen LogP contribution in [0, 0.1) is 0 Å². The molecule has 1 aromatic rings. The van der Waals surface area contributed by atoms with Gasteiger partial charge in [-0.15, -0.1) is 0 Å². The van der Waals surface area contributed by atoms with Crippen LogP contribution < -0.4 is 11.0 Å². The van der Waals surface area contributed by atoms with Gasteiger partial charge >= 0.3 is 0 Å². The molecule has 3 N–H and O–H groups in total. The van der Waals surface area contributed by atoms with Crippen molar-refractivity contribution in [1.29, 1.82) is 0 Å². The molecule has 0 spiro atoms. The highest BCUT2D eigenvalue weighted by Crippen LogP contribution is 2.20. The van der Waals surface area contributed by atoms with Gasteiger partial charge in [0, 0.05) is 11.6 Å². The Morgan fingerprint density at radius 2 is 2.13 bits per heavy atom. The van der Waals surface area contributed by atoms with E-state index in [0.29, 0.717) is 0 Å². The third-order valence-electron chi connectivity index (χ3n) is 2.57. The van der Waals surface area contributed by atoms with Gasteiger partial charge in [0.25, 0.3) is 0 Å². The highest BCUT2D eigenvalue weighted by Gasteiger charge is 2.17. The van der Waals surface area contributed by atoms with Crippen LogP contribution in [0.2, 0.25) is 0 Å². The molecule has 0 aliphatic carbocycles. The Morgan fingerprint density at radius 1 is 1.47 bits per heavy atom. The molecule has 80 valence electrons. The molecule has 0 fully saturated rings. The van der Waals surface area contributed by atoms with E-state index in [1.165, 1.54) is 11.1 Å². The SMILES string of the molecule is [B]NC(C)(C)c1cccc(CC(C)N)c1. The van der Waals surface area contributed by atoms with Crippen molar-refractivity contribution >= 4 is 7.98 Å². The summed E-state index contributed by atoms with van der Waals surface area (Å²) in [6, 6.07) is 8.56. The molecule has 0 saturated heterocycles. The molecule has 0 aliphatic rings. The number of benzene rings is 1. The molecule has 1 atom stereocenters. The van der Waals surface area contributed by atoms with E-state index >= 15 is 0 Å². The molecular formula is C12H19BN2. The fourth-order valence-electron chi connectivity index (χ4n) is 1.54. The lowest BCUT2D eigenvalue weighted by Gasteiger charge is -2.26. The highest BCUT2D eigenvalue weighted by molar-refractivity contribution is 6.04. The molecule has 15 heavy (non-hydrogen) atoms. The van der Waals surface area contributed by atoms with Gasteiger partial charge in [-0.2, -0.15) is 0 Å². The van der Waals surface area contributed by atoms with E-state index in [4.69, 9.17) is 13.7 Å². The molecule has 0 aromatic heterocycles. The van der Waals surface area contributed by atoms with Crippen molar-refractivity contribution in [2.24, 2.45) is 5.73 Å².